The van der Waals surface area contributed by atoms with Crippen molar-refractivity contribution in [3.05, 3.63) is 36.0 Å². The Hall–Kier alpha value is -0.630. The predicted molar refractivity (Wildman–Crippen MR) is 285 cm³/mol. The second-order valence-electron chi connectivity index (χ2n) is 22.3. The molecule has 0 aromatic heterocycles. The fourth-order valence-corrected chi connectivity index (χ4v) is 13.3. The van der Waals surface area contributed by atoms with Gasteiger partial charge in [-0.3, -0.25) is 4.90 Å². The van der Waals surface area contributed by atoms with Crippen LogP contribution in [-0.4, -0.2) is 79.5 Å². The highest BCUT2D eigenvalue weighted by molar-refractivity contribution is 7.97. The van der Waals surface area contributed by atoms with E-state index in [0.29, 0.717) is 35.8 Å². The Morgan fingerprint density at radius 2 is 1.37 bits per heavy atom. The summed E-state index contributed by atoms with van der Waals surface area (Å²) >= 11 is 1.75. The Morgan fingerprint density at radius 3 is 2.02 bits per heavy atom. The van der Waals surface area contributed by atoms with E-state index in [2.05, 4.69) is 83.7 Å². The number of hydrogen-bond acceptors (Lipinski definition) is 6. The number of rotatable bonds is 34. The van der Waals surface area contributed by atoms with E-state index in [4.69, 9.17) is 9.47 Å². The van der Waals surface area contributed by atoms with Gasteiger partial charge in [0.1, 0.15) is 0 Å². The van der Waals surface area contributed by atoms with E-state index in [0.717, 1.165) is 81.3 Å². The first-order chi connectivity index (χ1) is 31.5. The van der Waals surface area contributed by atoms with E-state index < -0.39 is 0 Å². The molecule has 0 aliphatic heterocycles. The van der Waals surface area contributed by atoms with Crippen molar-refractivity contribution in [1.29, 1.82) is 0 Å². The van der Waals surface area contributed by atoms with Gasteiger partial charge in [0.05, 0.1) is 19.3 Å². The van der Waals surface area contributed by atoms with Gasteiger partial charge in [-0.15, -0.1) is 0 Å². The van der Waals surface area contributed by atoms with Crippen molar-refractivity contribution in [1.82, 2.24) is 4.90 Å². The molecule has 4 rings (SSSR count). The van der Waals surface area contributed by atoms with Gasteiger partial charge in [-0.25, -0.2) is 0 Å². The number of thioether (sulfide) groups is 1. The maximum Gasteiger partial charge on any atom is 0.157 e. The number of fused-ring (bicyclic) bond motifs is 5. The summed E-state index contributed by atoms with van der Waals surface area (Å²) in [6.07, 6.45) is 51.5. The number of aliphatic hydroxyl groups excluding tert-OH is 2. The van der Waals surface area contributed by atoms with Gasteiger partial charge in [0, 0.05) is 19.7 Å². The van der Waals surface area contributed by atoms with Crippen LogP contribution in [0.1, 0.15) is 222 Å². The zero-order valence-corrected chi connectivity index (χ0v) is 45.3. The van der Waals surface area contributed by atoms with Crippen molar-refractivity contribution in [2.75, 3.05) is 52.0 Å². The molecular formula is C59H109NO4S. The van der Waals surface area contributed by atoms with Crippen LogP contribution in [-0.2, 0) is 9.47 Å². The molecule has 0 aromatic carbocycles. The first-order valence-corrected chi connectivity index (χ1v) is 29.8. The normalized spacial score (nSPS) is 28.0. The van der Waals surface area contributed by atoms with Gasteiger partial charge in [-0.2, -0.15) is 11.8 Å². The number of hydrogen-bond donors (Lipinski definition) is 2. The van der Waals surface area contributed by atoms with Crippen molar-refractivity contribution < 1.29 is 19.7 Å². The molecule has 3 saturated carbocycles. The van der Waals surface area contributed by atoms with Crippen LogP contribution in [0.2, 0.25) is 0 Å². The van der Waals surface area contributed by atoms with Crippen LogP contribution in [0.25, 0.3) is 0 Å². The molecule has 0 spiro atoms. The van der Waals surface area contributed by atoms with Gasteiger partial charge in [-0.1, -0.05) is 149 Å². The summed E-state index contributed by atoms with van der Waals surface area (Å²) in [6, 6.07) is 0. The first-order valence-electron chi connectivity index (χ1n) is 28.2. The zero-order valence-electron chi connectivity index (χ0n) is 44.5. The fourth-order valence-electron chi connectivity index (χ4n) is 13.3. The molecule has 0 amide bonds. The summed E-state index contributed by atoms with van der Waals surface area (Å²) in [5.74, 6) is 5.51. The summed E-state index contributed by atoms with van der Waals surface area (Å²) in [5, 5.41) is 18.7. The lowest BCUT2D eigenvalue weighted by Gasteiger charge is -2.58. The largest absolute Gasteiger partial charge is 0.395 e. The molecule has 2 N–H and O–H groups in total. The second kappa shape index (κ2) is 33.8. The Morgan fingerprint density at radius 1 is 0.738 bits per heavy atom. The van der Waals surface area contributed by atoms with E-state index in [-0.39, 0.29) is 25.6 Å². The molecule has 5 nitrogen and oxygen atoms in total. The minimum absolute atomic E-state index is 0.0919. The highest BCUT2D eigenvalue weighted by Gasteiger charge is 2.59. The van der Waals surface area contributed by atoms with Gasteiger partial charge in [0.25, 0.3) is 0 Å². The molecule has 6 heteroatoms. The van der Waals surface area contributed by atoms with Crippen LogP contribution in [0.3, 0.4) is 0 Å². The van der Waals surface area contributed by atoms with Crippen molar-refractivity contribution in [3.8, 4) is 0 Å². The third kappa shape index (κ3) is 20.0. The fraction of sp³-hybridized carbons (Fsp3) is 0.898. The quantitative estimate of drug-likeness (QED) is 0.0381. The van der Waals surface area contributed by atoms with Crippen LogP contribution < -0.4 is 0 Å². The maximum absolute atomic E-state index is 9.35. The molecular weight excluding hydrogens is 819 g/mol. The first kappa shape index (κ1) is 58.7. The molecule has 0 aromatic rings. The third-order valence-electron chi connectivity index (χ3n) is 17.3. The molecule has 65 heavy (non-hydrogen) atoms. The van der Waals surface area contributed by atoms with E-state index >= 15 is 0 Å². The molecule has 4 aliphatic carbocycles. The highest BCUT2D eigenvalue weighted by Crippen LogP contribution is 2.67. The number of ether oxygens (including phenoxy) is 2. The van der Waals surface area contributed by atoms with Crippen molar-refractivity contribution in [2.45, 2.75) is 234 Å². The van der Waals surface area contributed by atoms with Gasteiger partial charge in [-0.05, 0) is 180 Å². The number of nitrogens with zero attached hydrogens (tertiary/aromatic N) is 1. The molecule has 0 saturated heterocycles. The lowest BCUT2D eigenvalue weighted by molar-refractivity contribution is -0.183. The number of unbranched alkanes of at least 4 members (excludes halogenated alkanes) is 14. The van der Waals surface area contributed by atoms with Gasteiger partial charge in [0.2, 0.25) is 0 Å². The lowest BCUT2D eigenvalue weighted by atomic mass is 9.47. The van der Waals surface area contributed by atoms with E-state index in [1.54, 1.807) is 17.3 Å². The molecule has 0 bridgehead atoms. The van der Waals surface area contributed by atoms with E-state index in [9.17, 15) is 10.2 Å². The van der Waals surface area contributed by atoms with Crippen LogP contribution in [0.15, 0.2) is 36.0 Å². The van der Waals surface area contributed by atoms with E-state index in [1.165, 1.54) is 135 Å². The Labute approximate surface area is 409 Å². The topological polar surface area (TPSA) is 62.2 Å². The van der Waals surface area contributed by atoms with Gasteiger partial charge < -0.3 is 19.7 Å². The minimum Gasteiger partial charge on any atom is -0.395 e. The molecule has 10 unspecified atom stereocenters. The molecule has 0 heterocycles. The maximum atomic E-state index is 9.35. The van der Waals surface area contributed by atoms with Crippen molar-refractivity contribution in [3.63, 3.8) is 0 Å². The molecule has 10 atom stereocenters. The minimum atomic E-state index is -0.0919. The number of aliphatic hydroxyl groups is 2. The standard InChI is InChI=1S/C57H103NO4.C2H6S/c1-8-10-11-12-13-14-15-16-17-18-19-20-21-22-25-28-55(61-44-27-24-23-26-39-58(40-42-59)41-43-60)62-50-35-37-56(6)49(45-50)31-32-51-53-34-33-52(57(53,7)38-36-54(51)56)47(5)29-30-48(9-2)46(3)4;1-3-2/h16-17,29-31,46-48,50-55,59-60H,8-15,18-28,32-45H2,1-7H3;1-2H3/b17-16-,30-29+;. The lowest BCUT2D eigenvalue weighted by Crippen LogP contribution is -2.51. The summed E-state index contributed by atoms with van der Waals surface area (Å²) in [6.45, 7) is 20.7. The van der Waals surface area contributed by atoms with Gasteiger partial charge in [0.15, 0.2) is 6.29 Å². The van der Waals surface area contributed by atoms with Crippen LogP contribution in [0.4, 0.5) is 0 Å². The monoisotopic (exact) mass is 928 g/mol. The van der Waals surface area contributed by atoms with Crippen LogP contribution >= 0.6 is 11.8 Å². The molecule has 380 valence electrons. The van der Waals surface area contributed by atoms with Crippen molar-refractivity contribution >= 4 is 11.8 Å². The average molecular weight is 929 g/mol. The number of allylic oxidation sites excluding steroid dienone is 5. The zero-order chi connectivity index (χ0) is 47.3. The van der Waals surface area contributed by atoms with Crippen LogP contribution in [0.5, 0.6) is 0 Å². The average Bonchev–Trinajstić information content (AvgIpc) is 3.65. The molecule has 4 aliphatic rings. The summed E-state index contributed by atoms with van der Waals surface area (Å²) in [7, 11) is 0. The van der Waals surface area contributed by atoms with Gasteiger partial charge >= 0.3 is 0 Å². The summed E-state index contributed by atoms with van der Waals surface area (Å²) in [5.41, 5.74) is 2.55. The molecule has 3 fully saturated rings. The second-order valence-corrected chi connectivity index (χ2v) is 23.1. The Kier molecular flexibility index (Phi) is 30.5. The predicted octanol–water partition coefficient (Wildman–Crippen LogP) is 16.0. The van der Waals surface area contributed by atoms with Crippen LogP contribution in [0, 0.1) is 52.3 Å². The van der Waals surface area contributed by atoms with E-state index in [1.807, 2.05) is 12.5 Å². The molecule has 0 radical (unpaired) electrons. The van der Waals surface area contributed by atoms with Crippen molar-refractivity contribution in [2.24, 2.45) is 52.3 Å². The smallest absolute Gasteiger partial charge is 0.157 e. The third-order valence-corrected chi connectivity index (χ3v) is 17.3. The highest BCUT2D eigenvalue weighted by atomic mass is 32.2. The summed E-state index contributed by atoms with van der Waals surface area (Å²) in [4.78, 5) is 2.16. The summed E-state index contributed by atoms with van der Waals surface area (Å²) < 4.78 is 13.6. The Bertz CT molecular complexity index is 1280. The Balaban J connectivity index is 0.00000363. The SMILES string of the molecule is CCCCCCCC/C=C\CCCCCCCC(OCCCCCCN(CCO)CCO)OC1CCC2(C)C(=CCC3C2CCC2(C)C(C(C)/C=C/C(CC)C(C)C)CCC32)C1.CSC.